The number of carbonyl (C=O) groups is 1. The van der Waals surface area contributed by atoms with Crippen LogP contribution in [0.4, 0.5) is 0 Å². The lowest BCUT2D eigenvalue weighted by atomic mass is 10.1. The van der Waals surface area contributed by atoms with Crippen LogP contribution in [0.2, 0.25) is 0 Å². The molecule has 168 valence electrons. The number of hydrogen-bond donors (Lipinski definition) is 3. The molecule has 3 N–H and O–H groups in total. The van der Waals surface area contributed by atoms with E-state index in [2.05, 4.69) is 61.1 Å². The van der Waals surface area contributed by atoms with Crippen LogP contribution in [0.1, 0.15) is 39.2 Å². The van der Waals surface area contributed by atoms with Crippen LogP contribution in [0.25, 0.3) is 0 Å². The van der Waals surface area contributed by atoms with Gasteiger partial charge in [0.15, 0.2) is 5.96 Å². The predicted octanol–water partition coefficient (Wildman–Crippen LogP) is 1.66. The van der Waals surface area contributed by atoms with Gasteiger partial charge in [0.2, 0.25) is 5.91 Å². The first-order chi connectivity index (χ1) is 14.4. The molecule has 0 unspecified atom stereocenters. The Balaban J connectivity index is 1.52. The summed E-state index contributed by atoms with van der Waals surface area (Å²) in [6.07, 6.45) is 2.24. The Bertz CT molecular complexity index is 647. The molecular weight excluding hydrogens is 376 g/mol. The molecule has 0 atom stereocenters. The summed E-state index contributed by atoms with van der Waals surface area (Å²) in [6.45, 7) is 13.8. The molecule has 1 saturated heterocycles. The number of nitrogens with one attached hydrogen (secondary N) is 3. The minimum absolute atomic E-state index is 0.0307. The van der Waals surface area contributed by atoms with E-state index in [1.165, 1.54) is 5.56 Å². The first-order valence-electron chi connectivity index (χ1n) is 11.1. The largest absolute Gasteiger partial charge is 0.356 e. The van der Waals surface area contributed by atoms with Crippen LogP contribution in [0.15, 0.2) is 35.3 Å². The lowest BCUT2D eigenvalue weighted by molar-refractivity contribution is -0.121. The second-order valence-electron chi connectivity index (χ2n) is 8.96. The van der Waals surface area contributed by atoms with E-state index in [9.17, 15) is 4.79 Å². The zero-order chi connectivity index (χ0) is 21.8. The van der Waals surface area contributed by atoms with Crippen molar-refractivity contribution in [2.75, 3.05) is 52.9 Å². The van der Waals surface area contributed by atoms with Gasteiger partial charge in [-0.1, -0.05) is 30.3 Å². The van der Waals surface area contributed by atoms with E-state index in [0.29, 0.717) is 5.96 Å². The van der Waals surface area contributed by atoms with E-state index in [1.54, 1.807) is 7.05 Å². The minimum atomic E-state index is -0.220. The summed E-state index contributed by atoms with van der Waals surface area (Å²) < 4.78 is 0. The number of guanidine groups is 1. The molecule has 1 aliphatic heterocycles. The Hall–Kier alpha value is -2.12. The summed E-state index contributed by atoms with van der Waals surface area (Å²) in [5.74, 6) is 0.644. The molecule has 1 aromatic carbocycles. The molecular formula is C23H40N6O. The van der Waals surface area contributed by atoms with Crippen molar-refractivity contribution >= 4 is 11.9 Å². The van der Waals surface area contributed by atoms with Crippen molar-refractivity contribution in [3.63, 3.8) is 0 Å². The molecule has 0 bridgehead atoms. The van der Waals surface area contributed by atoms with Gasteiger partial charge in [0.25, 0.3) is 0 Å². The van der Waals surface area contributed by atoms with Crippen LogP contribution < -0.4 is 16.0 Å². The smallest absolute Gasteiger partial charge is 0.239 e. The highest BCUT2D eigenvalue weighted by molar-refractivity contribution is 5.86. The van der Waals surface area contributed by atoms with Gasteiger partial charge >= 0.3 is 0 Å². The van der Waals surface area contributed by atoms with Crippen molar-refractivity contribution in [1.29, 1.82) is 0 Å². The molecule has 0 radical (unpaired) electrons. The van der Waals surface area contributed by atoms with Gasteiger partial charge in [-0.15, -0.1) is 0 Å². The van der Waals surface area contributed by atoms with Crippen LogP contribution in [-0.4, -0.2) is 80.1 Å². The van der Waals surface area contributed by atoms with E-state index in [0.717, 1.165) is 58.7 Å². The van der Waals surface area contributed by atoms with Gasteiger partial charge in [0.1, 0.15) is 0 Å². The number of amides is 1. The fraction of sp³-hybridized carbons (Fsp3) is 0.652. The molecule has 2 rings (SSSR count). The minimum Gasteiger partial charge on any atom is -0.356 e. The van der Waals surface area contributed by atoms with Crippen molar-refractivity contribution in [3.05, 3.63) is 35.9 Å². The van der Waals surface area contributed by atoms with Gasteiger partial charge in [0, 0.05) is 51.9 Å². The van der Waals surface area contributed by atoms with E-state index >= 15 is 0 Å². The second kappa shape index (κ2) is 12.5. The molecule has 1 amide bonds. The van der Waals surface area contributed by atoms with Gasteiger partial charge in [0.05, 0.1) is 6.54 Å². The topological polar surface area (TPSA) is 72.0 Å². The van der Waals surface area contributed by atoms with E-state index in [1.807, 2.05) is 20.8 Å². The molecule has 1 aromatic rings. The summed E-state index contributed by atoms with van der Waals surface area (Å²) in [5, 5.41) is 9.29. The zero-order valence-corrected chi connectivity index (χ0v) is 19.2. The van der Waals surface area contributed by atoms with E-state index in [4.69, 9.17) is 0 Å². The maximum absolute atomic E-state index is 11.9. The Morgan fingerprint density at radius 3 is 2.30 bits per heavy atom. The molecule has 0 spiro atoms. The second-order valence-corrected chi connectivity index (χ2v) is 8.96. The number of unbranched alkanes of at least 4 members (excludes halogenated alkanes) is 1. The van der Waals surface area contributed by atoms with Crippen molar-refractivity contribution < 1.29 is 4.79 Å². The average molecular weight is 417 g/mol. The third kappa shape index (κ3) is 10.1. The highest BCUT2D eigenvalue weighted by Gasteiger charge is 2.16. The summed E-state index contributed by atoms with van der Waals surface area (Å²) in [7, 11) is 1.73. The fourth-order valence-corrected chi connectivity index (χ4v) is 3.53. The Kier molecular flexibility index (Phi) is 10.1. The molecule has 7 nitrogen and oxygen atoms in total. The van der Waals surface area contributed by atoms with Crippen molar-refractivity contribution in [2.24, 2.45) is 4.99 Å². The lowest BCUT2D eigenvalue weighted by Gasteiger charge is -2.34. The summed E-state index contributed by atoms with van der Waals surface area (Å²) in [4.78, 5) is 21.2. The highest BCUT2D eigenvalue weighted by Crippen LogP contribution is 2.09. The number of hydrogen-bond acceptors (Lipinski definition) is 4. The monoisotopic (exact) mass is 416 g/mol. The molecule has 1 fully saturated rings. The third-order valence-corrected chi connectivity index (χ3v) is 5.06. The number of carbonyl (C=O) groups excluding carboxylic acids is 1. The van der Waals surface area contributed by atoms with Gasteiger partial charge < -0.3 is 20.9 Å². The molecule has 0 saturated carbocycles. The normalized spacial score (nSPS) is 16.3. The summed E-state index contributed by atoms with van der Waals surface area (Å²) in [6, 6.07) is 10.7. The van der Waals surface area contributed by atoms with Crippen molar-refractivity contribution in [2.45, 2.75) is 45.7 Å². The number of piperazine rings is 1. The van der Waals surface area contributed by atoms with Crippen molar-refractivity contribution in [1.82, 2.24) is 25.8 Å². The van der Waals surface area contributed by atoms with Gasteiger partial charge in [-0.05, 0) is 45.7 Å². The van der Waals surface area contributed by atoms with Crippen molar-refractivity contribution in [3.8, 4) is 0 Å². The average Bonchev–Trinajstić information content (AvgIpc) is 2.71. The summed E-state index contributed by atoms with van der Waals surface area (Å²) >= 11 is 0. The lowest BCUT2D eigenvalue weighted by Crippen LogP contribution is -2.48. The molecule has 1 heterocycles. The quantitative estimate of drug-likeness (QED) is 0.324. The number of nitrogens with zero attached hydrogens (tertiary/aromatic N) is 3. The van der Waals surface area contributed by atoms with Crippen LogP contribution in [-0.2, 0) is 11.3 Å². The maximum atomic E-state index is 11.9. The first kappa shape index (κ1) is 24.2. The van der Waals surface area contributed by atoms with Crippen LogP contribution in [0.3, 0.4) is 0 Å². The van der Waals surface area contributed by atoms with E-state index < -0.39 is 0 Å². The number of aliphatic imine (C=N–C) groups is 1. The Morgan fingerprint density at radius 1 is 1.00 bits per heavy atom. The highest BCUT2D eigenvalue weighted by atomic mass is 16.2. The third-order valence-electron chi connectivity index (χ3n) is 5.06. The molecule has 0 aromatic heterocycles. The molecule has 1 aliphatic rings. The maximum Gasteiger partial charge on any atom is 0.239 e. The standard InChI is InChI=1S/C23H40N6O/c1-23(2,3)27-21(30)18-26-22(24-4)25-12-8-9-13-28-14-16-29(17-15-28)19-20-10-6-5-7-11-20/h5-7,10-11H,8-9,12-19H2,1-4H3,(H,27,30)(H2,24,25,26). The van der Waals surface area contributed by atoms with Crippen LogP contribution in [0.5, 0.6) is 0 Å². The zero-order valence-electron chi connectivity index (χ0n) is 19.2. The first-order valence-corrected chi connectivity index (χ1v) is 11.1. The Morgan fingerprint density at radius 2 is 1.67 bits per heavy atom. The molecule has 30 heavy (non-hydrogen) atoms. The van der Waals surface area contributed by atoms with E-state index in [-0.39, 0.29) is 18.0 Å². The van der Waals surface area contributed by atoms with Gasteiger partial charge in [-0.3, -0.25) is 14.7 Å². The SMILES string of the molecule is CN=C(NCCCCN1CCN(Cc2ccccc2)CC1)NCC(=O)NC(C)(C)C. The number of rotatable bonds is 9. The van der Waals surface area contributed by atoms with Gasteiger partial charge in [-0.2, -0.15) is 0 Å². The molecule has 0 aliphatic carbocycles. The van der Waals surface area contributed by atoms with Crippen LogP contribution in [0, 0.1) is 0 Å². The molecule has 7 heteroatoms. The number of benzene rings is 1. The van der Waals surface area contributed by atoms with Gasteiger partial charge in [-0.25, -0.2) is 0 Å². The van der Waals surface area contributed by atoms with Crippen LogP contribution >= 0.6 is 0 Å². The fourth-order valence-electron chi connectivity index (χ4n) is 3.53. The summed E-state index contributed by atoms with van der Waals surface area (Å²) in [5.41, 5.74) is 1.18. The Labute approximate surface area is 182 Å². The predicted molar refractivity (Wildman–Crippen MR) is 125 cm³/mol.